The van der Waals surface area contributed by atoms with Gasteiger partial charge in [-0.2, -0.15) is 0 Å². The first-order valence-corrected chi connectivity index (χ1v) is 6.01. The number of carboxylic acids is 1. The Balaban J connectivity index is 2.42. The molecular weight excluding hydrogens is 190 g/mol. The van der Waals surface area contributed by atoms with Gasteiger partial charge in [0.2, 0.25) is 0 Å². The van der Waals surface area contributed by atoms with Gasteiger partial charge in [0.15, 0.2) is 0 Å². The summed E-state index contributed by atoms with van der Waals surface area (Å²) in [6.45, 7) is 6.00. The zero-order chi connectivity index (χ0) is 11.4. The van der Waals surface area contributed by atoms with E-state index in [-0.39, 0.29) is 12.0 Å². The van der Waals surface area contributed by atoms with Crippen molar-refractivity contribution in [2.75, 3.05) is 0 Å². The van der Waals surface area contributed by atoms with E-state index < -0.39 is 5.97 Å². The quantitative estimate of drug-likeness (QED) is 0.753. The van der Waals surface area contributed by atoms with Crippen LogP contribution in [-0.4, -0.2) is 23.2 Å². The van der Waals surface area contributed by atoms with Crippen LogP contribution in [0.3, 0.4) is 0 Å². The molecule has 0 amide bonds. The van der Waals surface area contributed by atoms with E-state index in [1.165, 1.54) is 25.7 Å². The van der Waals surface area contributed by atoms with E-state index in [1.807, 2.05) is 6.92 Å². The van der Waals surface area contributed by atoms with Gasteiger partial charge < -0.3 is 10.4 Å². The molecule has 2 N–H and O–H groups in total. The number of hydrogen-bond donors (Lipinski definition) is 2. The third-order valence-electron chi connectivity index (χ3n) is 3.73. The number of nitrogens with one attached hydrogen (secondary N) is 1. The molecule has 1 rings (SSSR count). The zero-order valence-electron chi connectivity index (χ0n) is 9.99. The smallest absolute Gasteiger partial charge is 0.307 e. The second-order valence-electron chi connectivity index (χ2n) is 4.95. The van der Waals surface area contributed by atoms with Crippen molar-refractivity contribution >= 4 is 5.97 Å². The monoisotopic (exact) mass is 213 g/mol. The molecule has 0 aliphatic heterocycles. The average molecular weight is 213 g/mol. The molecule has 0 spiro atoms. The minimum absolute atomic E-state index is 0.0630. The fourth-order valence-electron chi connectivity index (χ4n) is 2.26. The topological polar surface area (TPSA) is 49.3 Å². The third-order valence-corrected chi connectivity index (χ3v) is 3.73. The maximum absolute atomic E-state index is 10.8. The first kappa shape index (κ1) is 12.5. The molecule has 0 saturated heterocycles. The van der Waals surface area contributed by atoms with Crippen LogP contribution in [0.5, 0.6) is 0 Å². The summed E-state index contributed by atoms with van der Waals surface area (Å²) < 4.78 is 0. The van der Waals surface area contributed by atoms with Crippen LogP contribution >= 0.6 is 0 Å². The minimum Gasteiger partial charge on any atom is -0.481 e. The van der Waals surface area contributed by atoms with Gasteiger partial charge in [-0.05, 0) is 25.7 Å². The maximum atomic E-state index is 10.8. The van der Waals surface area contributed by atoms with E-state index in [2.05, 4.69) is 12.2 Å². The molecule has 3 nitrogen and oxygen atoms in total. The number of carbonyl (C=O) groups is 1. The summed E-state index contributed by atoms with van der Waals surface area (Å²) in [5, 5.41) is 12.4. The molecule has 0 aromatic rings. The van der Waals surface area contributed by atoms with Crippen molar-refractivity contribution < 1.29 is 9.90 Å². The number of carboxylic acid groups (broad SMARTS) is 1. The van der Waals surface area contributed by atoms with Crippen LogP contribution in [0, 0.1) is 11.8 Å². The van der Waals surface area contributed by atoms with E-state index >= 15 is 0 Å². The Labute approximate surface area is 92.3 Å². The Morgan fingerprint density at radius 2 is 1.93 bits per heavy atom. The van der Waals surface area contributed by atoms with E-state index in [9.17, 15) is 4.79 Å². The highest BCUT2D eigenvalue weighted by Gasteiger charge is 2.26. The lowest BCUT2D eigenvalue weighted by Crippen LogP contribution is -2.46. The van der Waals surface area contributed by atoms with Crippen molar-refractivity contribution in [1.29, 1.82) is 0 Å². The Kier molecular flexibility index (Phi) is 4.58. The van der Waals surface area contributed by atoms with Gasteiger partial charge >= 0.3 is 5.97 Å². The first-order valence-electron chi connectivity index (χ1n) is 6.01. The highest BCUT2D eigenvalue weighted by atomic mass is 16.4. The molecule has 0 aromatic carbocycles. The van der Waals surface area contributed by atoms with Crippen molar-refractivity contribution in [2.24, 2.45) is 11.8 Å². The number of aliphatic carboxylic acids is 1. The van der Waals surface area contributed by atoms with Gasteiger partial charge in [-0.1, -0.05) is 26.7 Å². The highest BCUT2D eigenvalue weighted by Crippen LogP contribution is 2.24. The van der Waals surface area contributed by atoms with Crippen LogP contribution in [0.2, 0.25) is 0 Å². The lowest BCUT2D eigenvalue weighted by molar-refractivity contribution is -0.142. The zero-order valence-corrected chi connectivity index (χ0v) is 9.99. The molecule has 88 valence electrons. The van der Waals surface area contributed by atoms with Crippen LogP contribution in [0.1, 0.15) is 46.5 Å². The predicted molar refractivity (Wildman–Crippen MR) is 60.8 cm³/mol. The molecular formula is C12H23NO2. The molecule has 3 heteroatoms. The van der Waals surface area contributed by atoms with Crippen molar-refractivity contribution in [3.05, 3.63) is 0 Å². The van der Waals surface area contributed by atoms with E-state index in [4.69, 9.17) is 5.11 Å². The molecule has 0 heterocycles. The normalized spacial score (nSPS) is 30.9. The maximum Gasteiger partial charge on any atom is 0.307 e. The Morgan fingerprint density at radius 1 is 1.33 bits per heavy atom. The Hall–Kier alpha value is -0.570. The van der Waals surface area contributed by atoms with Gasteiger partial charge in [0.25, 0.3) is 0 Å². The van der Waals surface area contributed by atoms with Crippen molar-refractivity contribution in [1.82, 2.24) is 5.32 Å². The lowest BCUT2D eigenvalue weighted by atomic mass is 9.85. The SMILES string of the molecule is CC1CCCCC1NC(C)C(C)C(=O)O. The van der Waals surface area contributed by atoms with Crippen LogP contribution in [0.15, 0.2) is 0 Å². The fourth-order valence-corrected chi connectivity index (χ4v) is 2.26. The van der Waals surface area contributed by atoms with Crippen molar-refractivity contribution in [3.63, 3.8) is 0 Å². The summed E-state index contributed by atoms with van der Waals surface area (Å²) in [7, 11) is 0. The lowest BCUT2D eigenvalue weighted by Gasteiger charge is -2.33. The summed E-state index contributed by atoms with van der Waals surface area (Å²) in [6.07, 6.45) is 5.06. The van der Waals surface area contributed by atoms with Gasteiger partial charge in [-0.15, -0.1) is 0 Å². The summed E-state index contributed by atoms with van der Waals surface area (Å²) in [5.74, 6) is -0.334. The second-order valence-corrected chi connectivity index (χ2v) is 4.95. The van der Waals surface area contributed by atoms with E-state index in [0.717, 1.165) is 0 Å². The standard InChI is InChI=1S/C12H23NO2/c1-8-6-4-5-7-11(8)13-10(3)9(2)12(14)15/h8-11,13H,4-7H2,1-3H3,(H,14,15). The molecule has 0 aromatic heterocycles. The van der Waals surface area contributed by atoms with Gasteiger partial charge in [-0.25, -0.2) is 0 Å². The van der Waals surface area contributed by atoms with Gasteiger partial charge in [0.05, 0.1) is 5.92 Å². The molecule has 0 bridgehead atoms. The fraction of sp³-hybridized carbons (Fsp3) is 0.917. The van der Waals surface area contributed by atoms with Crippen molar-refractivity contribution in [3.8, 4) is 0 Å². The molecule has 1 aliphatic rings. The largest absolute Gasteiger partial charge is 0.481 e. The summed E-state index contributed by atoms with van der Waals surface area (Å²) in [4.78, 5) is 10.8. The summed E-state index contributed by atoms with van der Waals surface area (Å²) in [6, 6.07) is 0.573. The first-order chi connectivity index (χ1) is 7.02. The molecule has 4 unspecified atom stereocenters. The predicted octanol–water partition coefficient (Wildman–Crippen LogP) is 2.26. The van der Waals surface area contributed by atoms with Crippen LogP contribution < -0.4 is 5.32 Å². The average Bonchev–Trinajstić information content (AvgIpc) is 2.20. The van der Waals surface area contributed by atoms with E-state index in [1.54, 1.807) is 6.92 Å². The molecule has 1 aliphatic carbocycles. The highest BCUT2D eigenvalue weighted by molar-refractivity contribution is 5.70. The molecule has 15 heavy (non-hydrogen) atoms. The van der Waals surface area contributed by atoms with Gasteiger partial charge in [0.1, 0.15) is 0 Å². The summed E-state index contributed by atoms with van der Waals surface area (Å²) >= 11 is 0. The molecule has 1 fully saturated rings. The Morgan fingerprint density at radius 3 is 2.47 bits per heavy atom. The van der Waals surface area contributed by atoms with Crippen LogP contribution in [-0.2, 0) is 4.79 Å². The number of rotatable bonds is 4. The van der Waals surface area contributed by atoms with E-state index in [0.29, 0.717) is 12.0 Å². The molecule has 4 atom stereocenters. The summed E-state index contributed by atoms with van der Waals surface area (Å²) in [5.41, 5.74) is 0. The Bertz CT molecular complexity index is 218. The molecule has 1 saturated carbocycles. The van der Waals surface area contributed by atoms with Crippen LogP contribution in [0.4, 0.5) is 0 Å². The number of hydrogen-bond acceptors (Lipinski definition) is 2. The second kappa shape index (κ2) is 5.50. The van der Waals surface area contributed by atoms with Crippen molar-refractivity contribution in [2.45, 2.75) is 58.5 Å². The van der Waals surface area contributed by atoms with Gasteiger partial charge in [-0.3, -0.25) is 4.79 Å². The van der Waals surface area contributed by atoms with Gasteiger partial charge in [0, 0.05) is 12.1 Å². The molecule has 0 radical (unpaired) electrons. The third kappa shape index (κ3) is 3.49. The van der Waals surface area contributed by atoms with Crippen LogP contribution in [0.25, 0.3) is 0 Å². The minimum atomic E-state index is -0.710.